The topological polar surface area (TPSA) is 77.7 Å². The molecule has 0 N–H and O–H groups in total. The van der Waals surface area contributed by atoms with Gasteiger partial charge >= 0.3 is 6.09 Å². The molecule has 1 aromatic carbocycles. The number of benzene rings is 1. The van der Waals surface area contributed by atoms with E-state index in [1.807, 2.05) is 42.5 Å². The zero-order valence-electron chi connectivity index (χ0n) is 16.3. The Balaban J connectivity index is 1.58. The molecule has 3 aromatic rings. The molecule has 0 atom stereocenters. The van der Waals surface area contributed by atoms with Crippen LogP contribution in [0.25, 0.3) is 11.1 Å². The summed E-state index contributed by atoms with van der Waals surface area (Å²) in [5, 5.41) is 4.22. The summed E-state index contributed by atoms with van der Waals surface area (Å²) >= 11 is 0. The Hall–Kier alpha value is -3.35. The standard InChI is InChI=1S/C22H23N3O4/c1-27-22(26)25-12-9-17(10-13-25)20-19(18-8-5-11-23-14-18)21(24-29-20)28-15-16-6-3-2-4-7-16/h2-8,11,14,17H,9-10,12-13,15H2,1H3. The second-order valence-electron chi connectivity index (χ2n) is 6.97. The van der Waals surface area contributed by atoms with Crippen LogP contribution in [0.15, 0.2) is 59.4 Å². The SMILES string of the molecule is COC(=O)N1CCC(c2onc(OCc3ccccc3)c2-c2cccnc2)CC1. The molecule has 0 spiro atoms. The Morgan fingerprint density at radius 2 is 1.97 bits per heavy atom. The van der Waals surface area contributed by atoms with Crippen molar-refractivity contribution in [2.45, 2.75) is 25.4 Å². The van der Waals surface area contributed by atoms with Crippen molar-refractivity contribution < 1.29 is 18.8 Å². The zero-order chi connectivity index (χ0) is 20.1. The first-order valence-corrected chi connectivity index (χ1v) is 9.66. The minimum Gasteiger partial charge on any atom is -0.470 e. The number of pyridine rings is 1. The molecule has 4 rings (SSSR count). The molecule has 1 saturated heterocycles. The van der Waals surface area contributed by atoms with Crippen LogP contribution in [0.1, 0.15) is 30.1 Å². The summed E-state index contributed by atoms with van der Waals surface area (Å²) in [6.07, 6.45) is 4.77. The first-order valence-electron chi connectivity index (χ1n) is 9.66. The van der Waals surface area contributed by atoms with Gasteiger partial charge in [-0.15, -0.1) is 0 Å². The fourth-order valence-electron chi connectivity index (χ4n) is 3.62. The van der Waals surface area contributed by atoms with Crippen LogP contribution in [-0.4, -0.2) is 41.3 Å². The van der Waals surface area contributed by atoms with E-state index in [1.165, 1.54) is 7.11 Å². The van der Waals surface area contributed by atoms with Crippen LogP contribution in [0.4, 0.5) is 4.79 Å². The predicted octanol–water partition coefficient (Wildman–Crippen LogP) is 4.26. The molecule has 0 unspecified atom stereocenters. The summed E-state index contributed by atoms with van der Waals surface area (Å²) in [7, 11) is 1.40. The van der Waals surface area contributed by atoms with Crippen molar-refractivity contribution in [1.82, 2.24) is 15.0 Å². The third-order valence-corrected chi connectivity index (χ3v) is 5.15. The van der Waals surface area contributed by atoms with Crippen LogP contribution in [0.3, 0.4) is 0 Å². The van der Waals surface area contributed by atoms with Gasteiger partial charge in [-0.2, -0.15) is 0 Å². The number of carbonyl (C=O) groups excluding carboxylic acids is 1. The number of hydrogen-bond acceptors (Lipinski definition) is 6. The third kappa shape index (κ3) is 4.23. The van der Waals surface area contributed by atoms with Crippen molar-refractivity contribution in [1.29, 1.82) is 0 Å². The van der Waals surface area contributed by atoms with E-state index in [2.05, 4.69) is 10.1 Å². The monoisotopic (exact) mass is 393 g/mol. The lowest BCUT2D eigenvalue weighted by Crippen LogP contribution is -2.37. The number of aromatic nitrogens is 2. The molecule has 3 heterocycles. The summed E-state index contributed by atoms with van der Waals surface area (Å²) in [6.45, 7) is 1.64. The molecule has 1 aliphatic rings. The highest BCUT2D eigenvalue weighted by Crippen LogP contribution is 2.40. The summed E-state index contributed by atoms with van der Waals surface area (Å²) in [5.41, 5.74) is 2.80. The molecule has 0 radical (unpaired) electrons. The molecule has 150 valence electrons. The molecule has 0 bridgehead atoms. The van der Waals surface area contributed by atoms with E-state index < -0.39 is 0 Å². The van der Waals surface area contributed by atoms with E-state index in [0.717, 1.165) is 35.3 Å². The lowest BCUT2D eigenvalue weighted by Gasteiger charge is -2.30. The molecule has 7 nitrogen and oxygen atoms in total. The minimum atomic E-state index is -0.291. The van der Waals surface area contributed by atoms with Crippen LogP contribution in [0.5, 0.6) is 5.88 Å². The number of amides is 1. The Labute approximate surface area is 169 Å². The number of hydrogen-bond donors (Lipinski definition) is 0. The number of likely N-dealkylation sites (tertiary alicyclic amines) is 1. The van der Waals surface area contributed by atoms with Crippen molar-refractivity contribution >= 4 is 6.09 Å². The summed E-state index contributed by atoms with van der Waals surface area (Å²) in [5.74, 6) is 1.39. The highest BCUT2D eigenvalue weighted by Gasteiger charge is 2.31. The quantitative estimate of drug-likeness (QED) is 0.644. The fraction of sp³-hybridized carbons (Fsp3) is 0.318. The van der Waals surface area contributed by atoms with Gasteiger partial charge < -0.3 is 18.9 Å². The van der Waals surface area contributed by atoms with E-state index in [9.17, 15) is 4.79 Å². The molecule has 0 aliphatic carbocycles. The van der Waals surface area contributed by atoms with Crippen molar-refractivity contribution in [2.75, 3.05) is 20.2 Å². The van der Waals surface area contributed by atoms with Crippen LogP contribution < -0.4 is 4.74 Å². The van der Waals surface area contributed by atoms with Crippen molar-refractivity contribution in [2.24, 2.45) is 0 Å². The first-order chi connectivity index (χ1) is 14.3. The van der Waals surface area contributed by atoms with Gasteiger partial charge in [-0.1, -0.05) is 36.4 Å². The van der Waals surface area contributed by atoms with Gasteiger partial charge in [0.1, 0.15) is 6.61 Å². The van der Waals surface area contributed by atoms with Gasteiger partial charge in [-0.05, 0) is 29.6 Å². The highest BCUT2D eigenvalue weighted by atomic mass is 16.5. The van der Waals surface area contributed by atoms with Gasteiger partial charge in [0.2, 0.25) is 0 Å². The smallest absolute Gasteiger partial charge is 0.409 e. The average Bonchev–Trinajstić information content (AvgIpc) is 3.22. The van der Waals surface area contributed by atoms with Gasteiger partial charge in [-0.25, -0.2) is 4.79 Å². The van der Waals surface area contributed by atoms with Crippen LogP contribution >= 0.6 is 0 Å². The molecule has 7 heteroatoms. The normalized spacial score (nSPS) is 14.6. The zero-order valence-corrected chi connectivity index (χ0v) is 16.3. The van der Waals surface area contributed by atoms with Gasteiger partial charge in [0.15, 0.2) is 5.76 Å². The van der Waals surface area contributed by atoms with E-state index >= 15 is 0 Å². The van der Waals surface area contributed by atoms with E-state index in [-0.39, 0.29) is 12.0 Å². The Bertz CT molecular complexity index is 935. The van der Waals surface area contributed by atoms with Crippen LogP contribution in [0.2, 0.25) is 0 Å². The average molecular weight is 393 g/mol. The van der Waals surface area contributed by atoms with Gasteiger partial charge in [0.05, 0.1) is 12.7 Å². The highest BCUT2D eigenvalue weighted by molar-refractivity contribution is 5.71. The fourth-order valence-corrected chi connectivity index (χ4v) is 3.62. The van der Waals surface area contributed by atoms with Crippen LogP contribution in [-0.2, 0) is 11.3 Å². The molecule has 1 amide bonds. The second kappa shape index (κ2) is 8.77. The Kier molecular flexibility index (Phi) is 5.74. The van der Waals surface area contributed by atoms with Gasteiger partial charge in [-0.3, -0.25) is 4.98 Å². The van der Waals surface area contributed by atoms with E-state index in [4.69, 9.17) is 14.0 Å². The molecule has 1 aliphatic heterocycles. The maximum Gasteiger partial charge on any atom is 0.409 e. The third-order valence-electron chi connectivity index (χ3n) is 5.15. The lowest BCUT2D eigenvalue weighted by atomic mass is 9.90. The summed E-state index contributed by atoms with van der Waals surface area (Å²) in [4.78, 5) is 17.7. The number of piperidine rings is 1. The van der Waals surface area contributed by atoms with Crippen molar-refractivity contribution in [3.8, 4) is 17.0 Å². The Morgan fingerprint density at radius 1 is 1.17 bits per heavy atom. The van der Waals surface area contributed by atoms with Crippen molar-refractivity contribution in [3.63, 3.8) is 0 Å². The molecule has 2 aromatic heterocycles. The Morgan fingerprint density at radius 3 is 2.66 bits per heavy atom. The number of nitrogens with zero attached hydrogens (tertiary/aromatic N) is 3. The minimum absolute atomic E-state index is 0.146. The van der Waals surface area contributed by atoms with Gasteiger partial charge in [0, 0.05) is 37.0 Å². The second-order valence-corrected chi connectivity index (χ2v) is 6.97. The molecule has 1 fully saturated rings. The van der Waals surface area contributed by atoms with Crippen LogP contribution in [0, 0.1) is 0 Å². The van der Waals surface area contributed by atoms with E-state index in [1.54, 1.807) is 17.3 Å². The number of rotatable bonds is 5. The number of carbonyl (C=O) groups is 1. The summed E-state index contributed by atoms with van der Waals surface area (Å²) < 4.78 is 16.6. The number of methoxy groups -OCH3 is 1. The molecular weight excluding hydrogens is 370 g/mol. The summed E-state index contributed by atoms with van der Waals surface area (Å²) in [6, 6.07) is 13.8. The van der Waals surface area contributed by atoms with Crippen molar-refractivity contribution in [3.05, 3.63) is 66.2 Å². The van der Waals surface area contributed by atoms with Gasteiger partial charge in [0.25, 0.3) is 5.88 Å². The molecule has 0 saturated carbocycles. The van der Waals surface area contributed by atoms with E-state index in [0.29, 0.717) is 25.6 Å². The number of ether oxygens (including phenoxy) is 2. The maximum absolute atomic E-state index is 11.8. The molecular formula is C22H23N3O4. The maximum atomic E-state index is 11.8. The predicted molar refractivity (Wildman–Crippen MR) is 106 cm³/mol. The largest absolute Gasteiger partial charge is 0.470 e. The first kappa shape index (κ1) is 19.0. The molecule has 29 heavy (non-hydrogen) atoms. The lowest BCUT2D eigenvalue weighted by molar-refractivity contribution is 0.110.